The summed E-state index contributed by atoms with van der Waals surface area (Å²) in [6.07, 6.45) is 1.25. The van der Waals surface area contributed by atoms with Crippen LogP contribution in [0.2, 0.25) is 0 Å². The second-order valence-electron chi connectivity index (χ2n) is 5.10. The zero-order valence-electron chi connectivity index (χ0n) is 11.8. The van der Waals surface area contributed by atoms with Gasteiger partial charge in [0.25, 0.3) is 0 Å². The fraction of sp³-hybridized carbons (Fsp3) is 0.235. The Labute approximate surface area is 124 Å². The van der Waals surface area contributed by atoms with Crippen LogP contribution in [0.15, 0.2) is 48.5 Å². The Hall–Kier alpha value is -2.49. The van der Waals surface area contributed by atoms with Gasteiger partial charge in [0, 0.05) is 17.9 Å². The van der Waals surface area contributed by atoms with E-state index in [1.54, 1.807) is 4.90 Å². The molecule has 1 amide bonds. The summed E-state index contributed by atoms with van der Waals surface area (Å²) in [6.45, 7) is 1.11. The van der Waals surface area contributed by atoms with E-state index >= 15 is 0 Å². The number of anilines is 2. The molecule has 1 heterocycles. The van der Waals surface area contributed by atoms with Gasteiger partial charge in [-0.3, -0.25) is 4.79 Å². The van der Waals surface area contributed by atoms with Gasteiger partial charge >= 0.3 is 0 Å². The first-order chi connectivity index (χ1) is 10.2. The minimum Gasteiger partial charge on any atom is -0.493 e. The lowest BCUT2D eigenvalue weighted by molar-refractivity contribution is -0.119. The number of nitrogens with zero attached hydrogens (tertiary/aromatic N) is 1. The van der Waals surface area contributed by atoms with Gasteiger partial charge in [-0.15, -0.1) is 0 Å². The van der Waals surface area contributed by atoms with Gasteiger partial charge in [0.1, 0.15) is 5.75 Å². The first kappa shape index (κ1) is 13.5. The number of fused-ring (bicyclic) bond motifs is 1. The van der Waals surface area contributed by atoms with Crippen molar-refractivity contribution in [3.05, 3.63) is 54.1 Å². The van der Waals surface area contributed by atoms with Crippen molar-refractivity contribution >= 4 is 17.3 Å². The number of nitrogens with two attached hydrogens (primary N) is 1. The molecule has 108 valence electrons. The number of hydrogen-bond donors (Lipinski definition) is 1. The van der Waals surface area contributed by atoms with Crippen LogP contribution in [0, 0.1) is 0 Å². The van der Waals surface area contributed by atoms with E-state index in [9.17, 15) is 4.79 Å². The number of amides is 1. The molecule has 0 saturated heterocycles. The van der Waals surface area contributed by atoms with Crippen molar-refractivity contribution in [3.63, 3.8) is 0 Å². The number of benzene rings is 2. The molecule has 0 spiro atoms. The Bertz CT molecular complexity index is 640. The first-order valence-electron chi connectivity index (χ1n) is 7.10. The fourth-order valence-corrected chi connectivity index (χ4v) is 2.56. The van der Waals surface area contributed by atoms with Crippen LogP contribution in [0.3, 0.4) is 0 Å². The van der Waals surface area contributed by atoms with Crippen molar-refractivity contribution < 1.29 is 9.53 Å². The highest BCUT2D eigenvalue weighted by Crippen LogP contribution is 2.30. The van der Waals surface area contributed by atoms with E-state index in [4.69, 9.17) is 10.5 Å². The van der Waals surface area contributed by atoms with Crippen molar-refractivity contribution in [2.75, 3.05) is 23.8 Å². The molecule has 21 heavy (non-hydrogen) atoms. The average molecular weight is 282 g/mol. The highest BCUT2D eigenvalue weighted by Gasteiger charge is 2.24. The summed E-state index contributed by atoms with van der Waals surface area (Å²) in [5, 5.41) is 0. The van der Waals surface area contributed by atoms with Crippen molar-refractivity contribution in [3.8, 4) is 5.75 Å². The number of carbonyl (C=O) groups excluding carboxylic acids is 1. The molecule has 0 radical (unpaired) electrons. The Morgan fingerprint density at radius 2 is 2.00 bits per heavy atom. The first-order valence-corrected chi connectivity index (χ1v) is 7.10. The van der Waals surface area contributed by atoms with Gasteiger partial charge in [0.05, 0.1) is 13.0 Å². The fourth-order valence-electron chi connectivity index (χ4n) is 2.56. The van der Waals surface area contributed by atoms with Crippen molar-refractivity contribution in [1.82, 2.24) is 0 Å². The molecule has 2 aromatic carbocycles. The van der Waals surface area contributed by atoms with Gasteiger partial charge in [0.2, 0.25) is 5.91 Å². The van der Waals surface area contributed by atoms with Crippen LogP contribution >= 0.6 is 0 Å². The van der Waals surface area contributed by atoms with E-state index in [2.05, 4.69) is 0 Å². The summed E-state index contributed by atoms with van der Waals surface area (Å²) in [5.41, 5.74) is 8.62. The number of hydrogen-bond acceptors (Lipinski definition) is 3. The minimum absolute atomic E-state index is 0.0790. The van der Waals surface area contributed by atoms with Crippen LogP contribution in [0.1, 0.15) is 12.0 Å². The largest absolute Gasteiger partial charge is 0.493 e. The number of rotatable bonds is 4. The van der Waals surface area contributed by atoms with Gasteiger partial charge in [-0.2, -0.15) is 0 Å². The topological polar surface area (TPSA) is 55.6 Å². The second kappa shape index (κ2) is 5.87. The van der Waals surface area contributed by atoms with Gasteiger partial charge in [-0.05, 0) is 36.2 Å². The summed E-state index contributed by atoms with van der Waals surface area (Å²) >= 11 is 0. The molecular formula is C17H18N2O2. The molecule has 4 heteroatoms. The monoisotopic (exact) mass is 282 g/mol. The maximum Gasteiger partial charge on any atom is 0.230 e. The standard InChI is InChI=1S/C17H18N2O2/c18-14-7-6-13-8-10-19(16(13)12-14)17(20)9-11-21-15-4-2-1-3-5-15/h1-7,12H,8-11,18H2. The molecule has 0 saturated carbocycles. The number of carbonyl (C=O) groups is 1. The van der Waals surface area contributed by atoms with E-state index in [-0.39, 0.29) is 5.91 Å². The summed E-state index contributed by atoms with van der Waals surface area (Å²) in [4.78, 5) is 14.1. The van der Waals surface area contributed by atoms with E-state index in [0.717, 1.165) is 24.4 Å². The van der Waals surface area contributed by atoms with Crippen LogP contribution in [-0.4, -0.2) is 19.1 Å². The molecule has 0 unspecified atom stereocenters. The third kappa shape index (κ3) is 2.99. The lowest BCUT2D eigenvalue weighted by Crippen LogP contribution is -2.30. The molecule has 0 atom stereocenters. The Morgan fingerprint density at radius 3 is 2.81 bits per heavy atom. The third-order valence-electron chi connectivity index (χ3n) is 3.63. The normalized spacial score (nSPS) is 13.0. The highest BCUT2D eigenvalue weighted by atomic mass is 16.5. The van der Waals surface area contributed by atoms with Gasteiger partial charge in [0.15, 0.2) is 0 Å². The van der Waals surface area contributed by atoms with Crippen molar-refractivity contribution in [2.45, 2.75) is 12.8 Å². The molecule has 2 N–H and O–H groups in total. The highest BCUT2D eigenvalue weighted by molar-refractivity contribution is 5.96. The third-order valence-corrected chi connectivity index (χ3v) is 3.63. The van der Waals surface area contributed by atoms with Crippen LogP contribution in [0.4, 0.5) is 11.4 Å². The smallest absolute Gasteiger partial charge is 0.230 e. The zero-order valence-corrected chi connectivity index (χ0v) is 11.8. The van der Waals surface area contributed by atoms with Crippen molar-refractivity contribution in [2.24, 2.45) is 0 Å². The van der Waals surface area contributed by atoms with E-state index in [0.29, 0.717) is 18.7 Å². The summed E-state index contributed by atoms with van der Waals surface area (Å²) in [6, 6.07) is 15.3. The van der Waals surface area contributed by atoms with Gasteiger partial charge < -0.3 is 15.4 Å². The van der Waals surface area contributed by atoms with Gasteiger partial charge in [-0.1, -0.05) is 24.3 Å². The number of nitrogen functional groups attached to an aromatic ring is 1. The molecule has 1 aliphatic rings. The summed E-state index contributed by atoms with van der Waals surface area (Å²) in [7, 11) is 0. The van der Waals surface area contributed by atoms with Crippen molar-refractivity contribution in [1.29, 1.82) is 0 Å². The van der Waals surface area contributed by atoms with E-state index < -0.39 is 0 Å². The molecule has 3 rings (SSSR count). The summed E-state index contributed by atoms with van der Waals surface area (Å²) < 4.78 is 5.58. The maximum absolute atomic E-state index is 12.3. The van der Waals surface area contributed by atoms with E-state index in [1.807, 2.05) is 48.5 Å². The number of para-hydroxylation sites is 1. The predicted molar refractivity (Wildman–Crippen MR) is 83.5 cm³/mol. The molecule has 0 bridgehead atoms. The lowest BCUT2D eigenvalue weighted by Gasteiger charge is -2.17. The Kier molecular flexibility index (Phi) is 3.77. The molecular weight excluding hydrogens is 264 g/mol. The maximum atomic E-state index is 12.3. The van der Waals surface area contributed by atoms with Crippen LogP contribution in [0.25, 0.3) is 0 Å². The van der Waals surface area contributed by atoms with Crippen LogP contribution in [0.5, 0.6) is 5.75 Å². The predicted octanol–water partition coefficient (Wildman–Crippen LogP) is 2.63. The van der Waals surface area contributed by atoms with Gasteiger partial charge in [-0.25, -0.2) is 0 Å². The zero-order chi connectivity index (χ0) is 14.7. The average Bonchev–Trinajstić information content (AvgIpc) is 2.91. The van der Waals surface area contributed by atoms with Crippen LogP contribution in [-0.2, 0) is 11.2 Å². The minimum atomic E-state index is 0.0790. The quantitative estimate of drug-likeness (QED) is 0.877. The molecule has 0 fully saturated rings. The SMILES string of the molecule is Nc1ccc2c(c1)N(C(=O)CCOc1ccccc1)CC2. The molecule has 0 aliphatic carbocycles. The summed E-state index contributed by atoms with van der Waals surface area (Å²) in [5.74, 6) is 0.867. The van der Waals surface area contributed by atoms with E-state index in [1.165, 1.54) is 5.56 Å². The molecule has 2 aromatic rings. The molecule has 0 aromatic heterocycles. The molecule has 4 nitrogen and oxygen atoms in total. The molecule has 1 aliphatic heterocycles. The lowest BCUT2D eigenvalue weighted by atomic mass is 10.1. The Morgan fingerprint density at radius 1 is 1.19 bits per heavy atom. The number of ether oxygens (including phenoxy) is 1. The Balaban J connectivity index is 1.59. The second-order valence-corrected chi connectivity index (χ2v) is 5.10. The van der Waals surface area contributed by atoms with Crippen LogP contribution < -0.4 is 15.4 Å².